The number of carbonyl (C=O) groups is 1. The maximum atomic E-state index is 11.6. The third-order valence-electron chi connectivity index (χ3n) is 3.06. The second-order valence-corrected chi connectivity index (χ2v) is 6.12. The molecular weight excluding hydrogens is 282 g/mol. The molecule has 3 nitrogen and oxygen atoms in total. The lowest BCUT2D eigenvalue weighted by molar-refractivity contribution is -0.137. The maximum absolute atomic E-state index is 11.6. The minimum atomic E-state index is -0.0635. The van der Waals surface area contributed by atoms with Gasteiger partial charge in [0.15, 0.2) is 0 Å². The highest BCUT2D eigenvalue weighted by Gasteiger charge is 2.16. The van der Waals surface area contributed by atoms with Gasteiger partial charge in [0.05, 0.1) is 11.1 Å². The van der Waals surface area contributed by atoms with E-state index < -0.39 is 0 Å². The Morgan fingerprint density at radius 3 is 2.84 bits per heavy atom. The van der Waals surface area contributed by atoms with Gasteiger partial charge in [0.25, 0.3) is 0 Å². The van der Waals surface area contributed by atoms with Gasteiger partial charge in [-0.2, -0.15) is 0 Å². The standard InChI is InChI=1S/C14H18ClNO2S/c15-12-7-3-4-8-13(12)19-10-9-14(17)16-18-11-5-1-2-6-11/h3-4,7-8,11H,1-2,5-6,9-10H2,(H,16,17). The Morgan fingerprint density at radius 2 is 2.11 bits per heavy atom. The van der Waals surface area contributed by atoms with E-state index in [1.54, 1.807) is 11.8 Å². The van der Waals surface area contributed by atoms with Gasteiger partial charge in [0.2, 0.25) is 5.91 Å². The zero-order valence-electron chi connectivity index (χ0n) is 10.7. The number of hydrogen-bond acceptors (Lipinski definition) is 3. The number of hydroxylamine groups is 1. The molecule has 1 aromatic rings. The molecule has 1 N–H and O–H groups in total. The number of rotatable bonds is 6. The molecule has 0 atom stereocenters. The van der Waals surface area contributed by atoms with E-state index >= 15 is 0 Å². The highest BCUT2D eigenvalue weighted by atomic mass is 35.5. The number of halogens is 1. The maximum Gasteiger partial charge on any atom is 0.244 e. The van der Waals surface area contributed by atoms with Crippen molar-refractivity contribution >= 4 is 29.3 Å². The summed E-state index contributed by atoms with van der Waals surface area (Å²) in [4.78, 5) is 18.0. The van der Waals surface area contributed by atoms with Gasteiger partial charge in [0.1, 0.15) is 0 Å². The third kappa shape index (κ3) is 5.05. The van der Waals surface area contributed by atoms with Crippen molar-refractivity contribution in [2.45, 2.75) is 43.1 Å². The minimum absolute atomic E-state index is 0.0635. The zero-order valence-corrected chi connectivity index (χ0v) is 12.3. The van der Waals surface area contributed by atoms with Gasteiger partial charge in [-0.25, -0.2) is 5.48 Å². The van der Waals surface area contributed by atoms with Crippen LogP contribution in [0.3, 0.4) is 0 Å². The van der Waals surface area contributed by atoms with Gasteiger partial charge in [-0.3, -0.25) is 9.63 Å². The molecule has 0 radical (unpaired) electrons. The number of nitrogens with one attached hydrogen (secondary N) is 1. The Kier molecular flexibility index (Phi) is 6.01. The largest absolute Gasteiger partial charge is 0.273 e. The molecule has 0 aromatic heterocycles. The fourth-order valence-corrected chi connectivity index (χ4v) is 3.21. The number of thioether (sulfide) groups is 1. The smallest absolute Gasteiger partial charge is 0.244 e. The van der Waals surface area contributed by atoms with Crippen molar-refractivity contribution in [2.75, 3.05) is 5.75 Å². The van der Waals surface area contributed by atoms with E-state index in [0.717, 1.165) is 22.8 Å². The van der Waals surface area contributed by atoms with Crippen LogP contribution in [0.5, 0.6) is 0 Å². The van der Waals surface area contributed by atoms with Crippen molar-refractivity contribution in [3.8, 4) is 0 Å². The van der Waals surface area contributed by atoms with Crippen molar-refractivity contribution in [3.63, 3.8) is 0 Å². The number of amides is 1. The molecule has 0 heterocycles. The first-order valence-corrected chi connectivity index (χ1v) is 7.94. The first kappa shape index (κ1) is 14.7. The Balaban J connectivity index is 1.62. The van der Waals surface area contributed by atoms with E-state index in [9.17, 15) is 4.79 Å². The van der Waals surface area contributed by atoms with Crippen LogP contribution in [0.2, 0.25) is 5.02 Å². The molecule has 0 spiro atoms. The van der Waals surface area contributed by atoms with E-state index in [4.69, 9.17) is 16.4 Å². The van der Waals surface area contributed by atoms with E-state index in [1.165, 1.54) is 12.8 Å². The van der Waals surface area contributed by atoms with Gasteiger partial charge in [0, 0.05) is 17.1 Å². The SMILES string of the molecule is O=C(CCSc1ccccc1Cl)NOC1CCCC1. The van der Waals surface area contributed by atoms with Crippen LogP contribution >= 0.6 is 23.4 Å². The molecule has 0 unspecified atom stereocenters. The molecule has 5 heteroatoms. The van der Waals surface area contributed by atoms with Crippen molar-refractivity contribution in [1.29, 1.82) is 0 Å². The Morgan fingerprint density at radius 1 is 1.37 bits per heavy atom. The number of hydrogen-bond donors (Lipinski definition) is 1. The lowest BCUT2D eigenvalue weighted by Crippen LogP contribution is -2.28. The van der Waals surface area contributed by atoms with Crippen LogP contribution in [-0.4, -0.2) is 17.8 Å². The highest BCUT2D eigenvalue weighted by Crippen LogP contribution is 2.26. The van der Waals surface area contributed by atoms with Gasteiger partial charge >= 0.3 is 0 Å². The number of carbonyl (C=O) groups excluding carboxylic acids is 1. The summed E-state index contributed by atoms with van der Waals surface area (Å²) in [6.45, 7) is 0. The van der Waals surface area contributed by atoms with Crippen molar-refractivity contribution < 1.29 is 9.63 Å². The fourth-order valence-electron chi connectivity index (χ4n) is 2.02. The quantitative estimate of drug-likeness (QED) is 0.641. The molecule has 0 bridgehead atoms. The van der Waals surface area contributed by atoms with Crippen LogP contribution in [0.4, 0.5) is 0 Å². The second kappa shape index (κ2) is 7.78. The van der Waals surface area contributed by atoms with Gasteiger partial charge in [-0.15, -0.1) is 11.8 Å². The molecule has 2 rings (SSSR count). The van der Waals surface area contributed by atoms with E-state index in [1.807, 2.05) is 24.3 Å². The molecule has 1 amide bonds. The molecule has 1 aliphatic carbocycles. The molecule has 1 aromatic carbocycles. The molecule has 1 saturated carbocycles. The summed E-state index contributed by atoms with van der Waals surface area (Å²) in [6, 6.07) is 7.65. The van der Waals surface area contributed by atoms with Crippen LogP contribution in [0, 0.1) is 0 Å². The summed E-state index contributed by atoms with van der Waals surface area (Å²) >= 11 is 7.63. The molecule has 19 heavy (non-hydrogen) atoms. The summed E-state index contributed by atoms with van der Waals surface area (Å²) in [5.74, 6) is 0.635. The van der Waals surface area contributed by atoms with Crippen molar-refractivity contribution in [2.24, 2.45) is 0 Å². The average molecular weight is 300 g/mol. The Hall–Kier alpha value is -0.710. The topological polar surface area (TPSA) is 38.3 Å². The van der Waals surface area contributed by atoms with Crippen molar-refractivity contribution in [3.05, 3.63) is 29.3 Å². The highest BCUT2D eigenvalue weighted by molar-refractivity contribution is 7.99. The molecule has 1 fully saturated rings. The first-order chi connectivity index (χ1) is 9.25. The number of benzene rings is 1. The summed E-state index contributed by atoms with van der Waals surface area (Å²) in [5.41, 5.74) is 2.54. The zero-order chi connectivity index (χ0) is 13.5. The van der Waals surface area contributed by atoms with Gasteiger partial charge in [-0.05, 0) is 25.0 Å². The van der Waals surface area contributed by atoms with E-state index in [2.05, 4.69) is 5.48 Å². The molecule has 104 valence electrons. The fraction of sp³-hybridized carbons (Fsp3) is 0.500. The normalized spacial score (nSPS) is 15.6. The molecule has 1 aliphatic rings. The lowest BCUT2D eigenvalue weighted by atomic mass is 10.3. The lowest BCUT2D eigenvalue weighted by Gasteiger charge is -2.11. The van der Waals surface area contributed by atoms with E-state index in [0.29, 0.717) is 12.2 Å². The van der Waals surface area contributed by atoms with Crippen LogP contribution in [0.1, 0.15) is 32.1 Å². The average Bonchev–Trinajstić information content (AvgIpc) is 2.92. The molecule has 0 aliphatic heterocycles. The second-order valence-electron chi connectivity index (χ2n) is 4.58. The van der Waals surface area contributed by atoms with E-state index in [-0.39, 0.29) is 12.0 Å². The minimum Gasteiger partial charge on any atom is -0.273 e. The predicted molar refractivity (Wildman–Crippen MR) is 78.3 cm³/mol. The van der Waals surface area contributed by atoms with Crippen LogP contribution < -0.4 is 5.48 Å². The van der Waals surface area contributed by atoms with Crippen molar-refractivity contribution in [1.82, 2.24) is 5.48 Å². The monoisotopic (exact) mass is 299 g/mol. The van der Waals surface area contributed by atoms with Crippen LogP contribution in [0.15, 0.2) is 29.2 Å². The molecular formula is C14H18ClNO2S. The summed E-state index contributed by atoms with van der Waals surface area (Å²) in [6.07, 6.45) is 5.14. The summed E-state index contributed by atoms with van der Waals surface area (Å²) in [5, 5.41) is 0.732. The van der Waals surface area contributed by atoms with Crippen LogP contribution in [0.25, 0.3) is 0 Å². The molecule has 0 saturated heterocycles. The Bertz CT molecular complexity index is 422. The predicted octanol–water partition coefficient (Wildman–Crippen LogP) is 3.81. The van der Waals surface area contributed by atoms with Gasteiger partial charge < -0.3 is 0 Å². The third-order valence-corrected chi connectivity index (χ3v) is 4.58. The first-order valence-electron chi connectivity index (χ1n) is 6.57. The van der Waals surface area contributed by atoms with Gasteiger partial charge in [-0.1, -0.05) is 36.6 Å². The summed E-state index contributed by atoms with van der Waals surface area (Å²) < 4.78 is 0. The summed E-state index contributed by atoms with van der Waals surface area (Å²) in [7, 11) is 0. The van der Waals surface area contributed by atoms with Crippen LogP contribution in [-0.2, 0) is 9.63 Å². The Labute approximate surface area is 123 Å².